The van der Waals surface area contributed by atoms with Gasteiger partial charge in [-0.3, -0.25) is 4.68 Å². The molecule has 6 nitrogen and oxygen atoms in total. The van der Waals surface area contributed by atoms with Crippen LogP contribution >= 0.6 is 0 Å². The van der Waals surface area contributed by atoms with Crippen LogP contribution < -0.4 is 10.1 Å². The maximum Gasteiger partial charge on any atom is 0.216 e. The largest absolute Gasteiger partial charge is 0.481 e. The summed E-state index contributed by atoms with van der Waals surface area (Å²) in [4.78, 5) is 8.41. The molecule has 0 spiro atoms. The van der Waals surface area contributed by atoms with Gasteiger partial charge in [0.2, 0.25) is 5.88 Å². The van der Waals surface area contributed by atoms with Crippen LogP contribution in [0, 0.1) is 6.92 Å². The van der Waals surface area contributed by atoms with Gasteiger partial charge in [-0.15, -0.1) is 0 Å². The number of nitrogens with zero attached hydrogens (tertiary/aromatic N) is 4. The minimum absolute atomic E-state index is 0.117. The van der Waals surface area contributed by atoms with Crippen molar-refractivity contribution in [3.8, 4) is 5.88 Å². The molecule has 0 fully saturated rings. The average molecular weight is 275 g/mol. The molecule has 1 unspecified atom stereocenters. The smallest absolute Gasteiger partial charge is 0.216 e. The van der Waals surface area contributed by atoms with Gasteiger partial charge in [0, 0.05) is 25.2 Å². The summed E-state index contributed by atoms with van der Waals surface area (Å²) in [6.07, 6.45) is 2.36. The molecule has 2 heterocycles. The Kier molecular flexibility index (Phi) is 4.68. The molecule has 108 valence electrons. The fourth-order valence-electron chi connectivity index (χ4n) is 2.25. The van der Waals surface area contributed by atoms with Crippen LogP contribution in [-0.2, 0) is 13.5 Å². The highest BCUT2D eigenvalue weighted by Gasteiger charge is 2.16. The number of hydrogen-bond donors (Lipinski definition) is 1. The van der Waals surface area contributed by atoms with Crippen molar-refractivity contribution in [3.63, 3.8) is 0 Å². The second-order valence-electron chi connectivity index (χ2n) is 4.70. The summed E-state index contributed by atoms with van der Waals surface area (Å²) in [5, 5.41) is 7.83. The predicted octanol–water partition coefficient (Wildman–Crippen LogP) is 1.42. The van der Waals surface area contributed by atoms with Crippen LogP contribution in [0.2, 0.25) is 0 Å². The highest BCUT2D eigenvalue weighted by Crippen LogP contribution is 2.19. The molecule has 0 bridgehead atoms. The Morgan fingerprint density at radius 1 is 1.35 bits per heavy atom. The van der Waals surface area contributed by atoms with Crippen molar-refractivity contribution in [2.75, 3.05) is 13.7 Å². The highest BCUT2D eigenvalue weighted by atomic mass is 16.5. The molecule has 1 atom stereocenters. The molecule has 0 aliphatic rings. The zero-order chi connectivity index (χ0) is 14.5. The third-order valence-electron chi connectivity index (χ3n) is 3.19. The lowest BCUT2D eigenvalue weighted by atomic mass is 10.1. The quantitative estimate of drug-likeness (QED) is 0.863. The van der Waals surface area contributed by atoms with E-state index in [0.29, 0.717) is 5.88 Å². The van der Waals surface area contributed by atoms with Crippen molar-refractivity contribution in [1.29, 1.82) is 0 Å². The Morgan fingerprint density at radius 2 is 2.15 bits per heavy atom. The van der Waals surface area contributed by atoms with Gasteiger partial charge in [0.05, 0.1) is 24.5 Å². The van der Waals surface area contributed by atoms with E-state index in [2.05, 4.69) is 33.4 Å². The summed E-state index contributed by atoms with van der Waals surface area (Å²) in [5.41, 5.74) is 3.13. The van der Waals surface area contributed by atoms with Gasteiger partial charge in [-0.2, -0.15) is 5.10 Å². The number of methoxy groups -OCH3 is 1. The van der Waals surface area contributed by atoms with E-state index in [-0.39, 0.29) is 6.04 Å². The molecule has 2 aromatic rings. The first-order chi connectivity index (χ1) is 9.63. The second-order valence-corrected chi connectivity index (χ2v) is 4.70. The molecule has 20 heavy (non-hydrogen) atoms. The average Bonchev–Trinajstić information content (AvgIpc) is 2.76. The van der Waals surface area contributed by atoms with Crippen LogP contribution in [0.3, 0.4) is 0 Å². The predicted molar refractivity (Wildman–Crippen MR) is 76.7 cm³/mol. The SMILES string of the molecule is CCNC(Cc1cc(C)nn1C)c1cc(OC)ncn1. The number of likely N-dealkylation sites (N-methyl/N-ethyl adjacent to an activating group) is 1. The van der Waals surface area contributed by atoms with Gasteiger partial charge in [0.25, 0.3) is 0 Å². The van der Waals surface area contributed by atoms with E-state index in [1.165, 1.54) is 12.0 Å². The van der Waals surface area contributed by atoms with Crippen molar-refractivity contribution in [3.05, 3.63) is 35.5 Å². The van der Waals surface area contributed by atoms with Gasteiger partial charge in [0.1, 0.15) is 6.33 Å². The minimum Gasteiger partial charge on any atom is -0.481 e. The van der Waals surface area contributed by atoms with Crippen molar-refractivity contribution in [2.24, 2.45) is 7.05 Å². The van der Waals surface area contributed by atoms with Gasteiger partial charge in [-0.25, -0.2) is 9.97 Å². The molecular formula is C14H21N5O. The van der Waals surface area contributed by atoms with E-state index in [0.717, 1.165) is 24.4 Å². The van der Waals surface area contributed by atoms with Crippen LogP contribution in [-0.4, -0.2) is 33.4 Å². The molecule has 0 aliphatic heterocycles. The maximum atomic E-state index is 5.16. The minimum atomic E-state index is 0.117. The number of ether oxygens (including phenoxy) is 1. The molecule has 0 aromatic carbocycles. The van der Waals surface area contributed by atoms with Crippen molar-refractivity contribution in [1.82, 2.24) is 25.1 Å². The summed E-state index contributed by atoms with van der Waals surface area (Å²) < 4.78 is 7.08. The zero-order valence-electron chi connectivity index (χ0n) is 12.4. The maximum absolute atomic E-state index is 5.16. The van der Waals surface area contributed by atoms with E-state index in [4.69, 9.17) is 4.74 Å². The van der Waals surface area contributed by atoms with Gasteiger partial charge >= 0.3 is 0 Å². The van der Waals surface area contributed by atoms with Crippen molar-refractivity contribution in [2.45, 2.75) is 26.3 Å². The Hall–Kier alpha value is -1.95. The highest BCUT2D eigenvalue weighted by molar-refractivity contribution is 5.19. The van der Waals surface area contributed by atoms with Gasteiger partial charge in [-0.1, -0.05) is 6.92 Å². The van der Waals surface area contributed by atoms with E-state index in [1.54, 1.807) is 7.11 Å². The summed E-state index contributed by atoms with van der Waals surface area (Å²) in [7, 11) is 3.57. The zero-order valence-corrected chi connectivity index (χ0v) is 12.4. The molecular weight excluding hydrogens is 254 g/mol. The van der Waals surface area contributed by atoms with Crippen molar-refractivity contribution >= 4 is 0 Å². The Bertz CT molecular complexity index is 566. The molecule has 2 aromatic heterocycles. The fourth-order valence-corrected chi connectivity index (χ4v) is 2.25. The van der Waals surface area contributed by atoms with E-state index in [1.807, 2.05) is 24.7 Å². The van der Waals surface area contributed by atoms with E-state index < -0.39 is 0 Å². The molecule has 0 saturated carbocycles. The van der Waals surface area contributed by atoms with Gasteiger partial charge in [0.15, 0.2) is 0 Å². The fraction of sp³-hybridized carbons (Fsp3) is 0.500. The van der Waals surface area contributed by atoms with Crippen molar-refractivity contribution < 1.29 is 4.74 Å². The van der Waals surface area contributed by atoms with E-state index >= 15 is 0 Å². The first-order valence-electron chi connectivity index (χ1n) is 6.72. The Labute approximate surface area is 119 Å². The Balaban J connectivity index is 2.24. The topological polar surface area (TPSA) is 64.9 Å². The molecule has 6 heteroatoms. The monoisotopic (exact) mass is 275 g/mol. The van der Waals surface area contributed by atoms with Crippen LogP contribution in [0.4, 0.5) is 0 Å². The molecule has 0 saturated heterocycles. The first kappa shape index (κ1) is 14.5. The number of rotatable bonds is 6. The molecule has 0 aliphatic carbocycles. The lowest BCUT2D eigenvalue weighted by Crippen LogP contribution is -2.25. The van der Waals surface area contributed by atoms with Gasteiger partial charge in [-0.05, 0) is 19.5 Å². The van der Waals surface area contributed by atoms with Crippen LogP contribution in [0.15, 0.2) is 18.5 Å². The van der Waals surface area contributed by atoms with E-state index in [9.17, 15) is 0 Å². The van der Waals surface area contributed by atoms with Crippen LogP contribution in [0.1, 0.15) is 30.0 Å². The molecule has 2 rings (SSSR count). The second kappa shape index (κ2) is 6.47. The number of hydrogen-bond acceptors (Lipinski definition) is 5. The summed E-state index contributed by atoms with van der Waals surface area (Å²) in [5.74, 6) is 0.582. The van der Waals surface area contributed by atoms with Gasteiger partial charge < -0.3 is 10.1 Å². The normalized spacial score (nSPS) is 12.4. The summed E-state index contributed by atoms with van der Waals surface area (Å²) in [6, 6.07) is 4.09. The number of aryl methyl sites for hydroxylation is 2. The molecule has 0 radical (unpaired) electrons. The Morgan fingerprint density at radius 3 is 2.75 bits per heavy atom. The number of nitrogens with one attached hydrogen (secondary N) is 1. The lowest BCUT2D eigenvalue weighted by molar-refractivity contribution is 0.393. The molecule has 1 N–H and O–H groups in total. The summed E-state index contributed by atoms with van der Waals surface area (Å²) >= 11 is 0. The third kappa shape index (κ3) is 3.33. The first-order valence-corrected chi connectivity index (χ1v) is 6.72. The van der Waals surface area contributed by atoms with Crippen LogP contribution in [0.5, 0.6) is 5.88 Å². The lowest BCUT2D eigenvalue weighted by Gasteiger charge is -2.17. The summed E-state index contributed by atoms with van der Waals surface area (Å²) in [6.45, 7) is 4.95. The number of aromatic nitrogens is 4. The molecule has 0 amide bonds. The third-order valence-corrected chi connectivity index (χ3v) is 3.19. The standard InChI is InChI=1S/C14H21N5O/c1-5-15-12(7-11-6-10(2)18-19(11)3)13-8-14(20-4)17-9-16-13/h6,8-9,12,15H,5,7H2,1-4H3. The van der Waals surface area contributed by atoms with Crippen LogP contribution in [0.25, 0.3) is 0 Å².